The predicted molar refractivity (Wildman–Crippen MR) is 111 cm³/mol. The molecule has 150 valence electrons. The second-order valence-corrected chi connectivity index (χ2v) is 8.12. The number of para-hydroxylation sites is 1. The van der Waals surface area contributed by atoms with Crippen molar-refractivity contribution < 1.29 is 18.4 Å². The molecule has 1 aliphatic heterocycles. The fraction of sp³-hybridized carbons (Fsp3) is 0.381. The van der Waals surface area contributed by atoms with Crippen LogP contribution in [0.1, 0.15) is 32.4 Å². The predicted octanol–water partition coefficient (Wildman–Crippen LogP) is 5.20. The Labute approximate surface area is 166 Å². The lowest BCUT2D eigenvalue weighted by Crippen LogP contribution is -2.58. The van der Waals surface area contributed by atoms with E-state index in [0.717, 1.165) is 11.3 Å². The SMILES string of the molecule is CCOP(=NC1C(=O)N(c2ccccc2)C1c1ccccc1)(OCC)OCC. The first-order valence-corrected chi connectivity index (χ1v) is 11.1. The zero-order chi connectivity index (χ0) is 20.0. The van der Waals surface area contributed by atoms with E-state index < -0.39 is 13.8 Å². The molecule has 28 heavy (non-hydrogen) atoms. The van der Waals surface area contributed by atoms with Crippen LogP contribution in [0, 0.1) is 0 Å². The molecule has 0 spiro atoms. The van der Waals surface area contributed by atoms with Gasteiger partial charge in [0.05, 0.1) is 25.9 Å². The molecule has 6 nitrogen and oxygen atoms in total. The van der Waals surface area contributed by atoms with E-state index >= 15 is 0 Å². The number of amides is 1. The maximum atomic E-state index is 13.1. The third kappa shape index (κ3) is 4.20. The van der Waals surface area contributed by atoms with Gasteiger partial charge in [-0.05, 0) is 38.5 Å². The number of benzene rings is 2. The maximum absolute atomic E-state index is 13.1. The molecule has 1 saturated heterocycles. The van der Waals surface area contributed by atoms with Crippen molar-refractivity contribution in [2.45, 2.75) is 32.9 Å². The fourth-order valence-electron chi connectivity index (χ4n) is 3.30. The van der Waals surface area contributed by atoms with Crippen LogP contribution < -0.4 is 4.90 Å². The Bertz CT molecular complexity index is 805. The molecule has 0 radical (unpaired) electrons. The minimum Gasteiger partial charge on any atom is -0.303 e. The van der Waals surface area contributed by atoms with Crippen LogP contribution in [0.5, 0.6) is 0 Å². The number of anilines is 1. The molecule has 1 fully saturated rings. The first-order valence-electron chi connectivity index (χ1n) is 9.63. The van der Waals surface area contributed by atoms with Crippen LogP contribution >= 0.6 is 7.74 Å². The van der Waals surface area contributed by atoms with Crippen molar-refractivity contribution in [2.24, 2.45) is 4.74 Å². The average molecular weight is 402 g/mol. The Morgan fingerprint density at radius 3 is 1.86 bits per heavy atom. The van der Waals surface area contributed by atoms with Gasteiger partial charge in [0.15, 0.2) is 6.04 Å². The van der Waals surface area contributed by atoms with E-state index in [1.165, 1.54) is 0 Å². The van der Waals surface area contributed by atoms with Gasteiger partial charge >= 0.3 is 7.74 Å². The van der Waals surface area contributed by atoms with E-state index in [2.05, 4.69) is 0 Å². The van der Waals surface area contributed by atoms with Crippen molar-refractivity contribution in [2.75, 3.05) is 24.7 Å². The van der Waals surface area contributed by atoms with Gasteiger partial charge in [-0.3, -0.25) is 4.79 Å². The summed E-state index contributed by atoms with van der Waals surface area (Å²) >= 11 is 0. The smallest absolute Gasteiger partial charge is 0.303 e. The van der Waals surface area contributed by atoms with Crippen molar-refractivity contribution in [3.05, 3.63) is 66.2 Å². The molecule has 0 N–H and O–H groups in total. The molecule has 1 amide bonds. The summed E-state index contributed by atoms with van der Waals surface area (Å²) in [5.41, 5.74) is 1.86. The van der Waals surface area contributed by atoms with Gasteiger partial charge in [0.2, 0.25) is 0 Å². The lowest BCUT2D eigenvalue weighted by Gasteiger charge is -2.46. The number of carbonyl (C=O) groups is 1. The topological polar surface area (TPSA) is 60.4 Å². The molecule has 0 aromatic heterocycles. The molecule has 0 aliphatic carbocycles. The summed E-state index contributed by atoms with van der Waals surface area (Å²) in [6.07, 6.45) is 0. The van der Waals surface area contributed by atoms with Gasteiger partial charge in [0.25, 0.3) is 5.91 Å². The lowest BCUT2D eigenvalue weighted by molar-refractivity contribution is -0.126. The summed E-state index contributed by atoms with van der Waals surface area (Å²) in [5, 5.41) is 0. The summed E-state index contributed by atoms with van der Waals surface area (Å²) in [4.78, 5) is 14.9. The van der Waals surface area contributed by atoms with Crippen molar-refractivity contribution in [3.63, 3.8) is 0 Å². The molecule has 0 bridgehead atoms. The van der Waals surface area contributed by atoms with Crippen molar-refractivity contribution in [3.8, 4) is 0 Å². The van der Waals surface area contributed by atoms with Crippen LogP contribution in [0.25, 0.3) is 0 Å². The summed E-state index contributed by atoms with van der Waals surface area (Å²) in [5.74, 6) is -0.0801. The Morgan fingerprint density at radius 1 is 0.857 bits per heavy atom. The molecule has 2 aromatic carbocycles. The highest BCUT2D eigenvalue weighted by Gasteiger charge is 2.50. The van der Waals surface area contributed by atoms with E-state index in [-0.39, 0.29) is 11.9 Å². The van der Waals surface area contributed by atoms with Crippen LogP contribution in [0.15, 0.2) is 65.4 Å². The zero-order valence-electron chi connectivity index (χ0n) is 16.5. The van der Waals surface area contributed by atoms with Gasteiger partial charge in [-0.25, -0.2) is 4.74 Å². The van der Waals surface area contributed by atoms with E-state index in [4.69, 9.17) is 18.3 Å². The van der Waals surface area contributed by atoms with Crippen molar-refractivity contribution >= 4 is 19.3 Å². The largest absolute Gasteiger partial charge is 0.356 e. The second-order valence-electron chi connectivity index (χ2n) is 6.18. The standard InChI is InChI=1S/C21H27N2O4P/c1-4-25-28(26-5-2,27-6-3)22-19-20(17-13-9-7-10-14-17)23(21(19)24)18-15-11-8-12-16-18/h7-16,19-20H,4-6H2,1-3H3. The molecule has 2 aromatic rings. The number of nitrogens with zero attached hydrogens (tertiary/aromatic N) is 2. The maximum Gasteiger partial charge on any atom is 0.356 e. The van der Waals surface area contributed by atoms with E-state index in [1.807, 2.05) is 81.4 Å². The van der Waals surface area contributed by atoms with Crippen LogP contribution in [0.2, 0.25) is 0 Å². The van der Waals surface area contributed by atoms with E-state index in [0.29, 0.717) is 19.8 Å². The second kappa shape index (κ2) is 9.48. The van der Waals surface area contributed by atoms with Gasteiger partial charge in [-0.1, -0.05) is 48.5 Å². The molecule has 2 unspecified atom stereocenters. The normalized spacial score (nSPS) is 19.4. The molecule has 7 heteroatoms. The quantitative estimate of drug-likeness (QED) is 0.427. The Kier molecular flexibility index (Phi) is 7.03. The third-order valence-electron chi connectivity index (χ3n) is 4.39. The minimum absolute atomic E-state index is 0.0801. The van der Waals surface area contributed by atoms with Gasteiger partial charge < -0.3 is 18.5 Å². The van der Waals surface area contributed by atoms with Gasteiger partial charge in [-0.15, -0.1) is 0 Å². The lowest BCUT2D eigenvalue weighted by atomic mass is 9.88. The monoisotopic (exact) mass is 402 g/mol. The number of β-lactam (4-membered cyclic amide) rings is 1. The van der Waals surface area contributed by atoms with Crippen LogP contribution in [-0.2, 0) is 18.4 Å². The average Bonchev–Trinajstić information content (AvgIpc) is 2.72. The molecule has 3 rings (SSSR count). The summed E-state index contributed by atoms with van der Waals surface area (Å²) < 4.78 is 22.2. The van der Waals surface area contributed by atoms with Gasteiger partial charge in [0.1, 0.15) is 0 Å². The van der Waals surface area contributed by atoms with Crippen molar-refractivity contribution in [1.82, 2.24) is 0 Å². The van der Waals surface area contributed by atoms with Gasteiger partial charge in [-0.2, -0.15) is 0 Å². The number of hydrogen-bond donors (Lipinski definition) is 0. The first kappa shape index (κ1) is 20.7. The van der Waals surface area contributed by atoms with E-state index in [9.17, 15) is 4.79 Å². The third-order valence-corrected chi connectivity index (χ3v) is 6.67. The molecule has 0 saturated carbocycles. The van der Waals surface area contributed by atoms with Crippen molar-refractivity contribution in [1.29, 1.82) is 0 Å². The number of rotatable bonds is 9. The highest BCUT2D eigenvalue weighted by Crippen LogP contribution is 2.56. The van der Waals surface area contributed by atoms with Crippen LogP contribution in [-0.4, -0.2) is 31.8 Å². The van der Waals surface area contributed by atoms with Crippen LogP contribution in [0.3, 0.4) is 0 Å². The minimum atomic E-state index is -2.95. The molecule has 1 heterocycles. The summed E-state index contributed by atoms with van der Waals surface area (Å²) in [6.45, 7) is 6.81. The fourth-order valence-corrected chi connectivity index (χ4v) is 5.23. The van der Waals surface area contributed by atoms with Crippen LogP contribution in [0.4, 0.5) is 5.69 Å². The molecular formula is C21H27N2O4P. The molecule has 2 atom stereocenters. The molecule has 1 aliphatic rings. The Hall–Kier alpha value is -1.98. The highest BCUT2D eigenvalue weighted by molar-refractivity contribution is 7.51. The Balaban J connectivity index is 2.04. The number of carbonyl (C=O) groups excluding carboxylic acids is 1. The number of hydrogen-bond acceptors (Lipinski definition) is 5. The van der Waals surface area contributed by atoms with Gasteiger partial charge in [0, 0.05) is 5.69 Å². The zero-order valence-corrected chi connectivity index (χ0v) is 17.4. The van der Waals surface area contributed by atoms with E-state index in [1.54, 1.807) is 4.90 Å². The summed E-state index contributed by atoms with van der Waals surface area (Å²) in [7, 11) is -2.95. The highest BCUT2D eigenvalue weighted by atomic mass is 31.2. The molecular weight excluding hydrogens is 375 g/mol. The first-order chi connectivity index (χ1) is 13.7. The Morgan fingerprint density at radius 2 is 1.36 bits per heavy atom. The summed E-state index contributed by atoms with van der Waals surface area (Å²) in [6, 6.07) is 18.7.